The number of carbonyl (C=O) groups excluding carboxylic acids is 1. The van der Waals surface area contributed by atoms with Gasteiger partial charge < -0.3 is 4.74 Å². The Bertz CT molecular complexity index is 384. The van der Waals surface area contributed by atoms with Gasteiger partial charge in [0.05, 0.1) is 13.7 Å². The van der Waals surface area contributed by atoms with E-state index in [-0.39, 0.29) is 11.6 Å². The molecule has 1 amide bonds. The summed E-state index contributed by atoms with van der Waals surface area (Å²) in [5.41, 5.74) is 0.599. The molecule has 1 aromatic heterocycles. The van der Waals surface area contributed by atoms with Crippen molar-refractivity contribution in [3.63, 3.8) is 0 Å². The Morgan fingerprint density at radius 1 is 1.47 bits per heavy atom. The van der Waals surface area contributed by atoms with Crippen molar-refractivity contribution in [2.75, 3.05) is 7.11 Å². The van der Waals surface area contributed by atoms with E-state index in [9.17, 15) is 4.79 Å². The van der Waals surface area contributed by atoms with Crippen molar-refractivity contribution in [2.45, 2.75) is 32.9 Å². The van der Waals surface area contributed by atoms with Crippen molar-refractivity contribution in [2.24, 2.45) is 0 Å². The molecular weight excluding hydrogens is 240 g/mol. The number of hydrogen-bond donors (Lipinski definition) is 0. The van der Waals surface area contributed by atoms with Gasteiger partial charge in [0.15, 0.2) is 0 Å². The summed E-state index contributed by atoms with van der Waals surface area (Å²) in [6, 6.07) is 3.55. The van der Waals surface area contributed by atoms with E-state index in [0.29, 0.717) is 11.7 Å². The largest absolute Gasteiger partial charge is 0.453 e. The first-order valence-electron chi connectivity index (χ1n) is 5.30. The van der Waals surface area contributed by atoms with E-state index < -0.39 is 0 Å². The highest BCUT2D eigenvalue weighted by molar-refractivity contribution is 6.29. The molecule has 0 saturated carbocycles. The molecular formula is C12H17ClN2O2. The maximum atomic E-state index is 11.7. The van der Waals surface area contributed by atoms with Crippen molar-refractivity contribution < 1.29 is 9.53 Å². The maximum absolute atomic E-state index is 11.7. The van der Waals surface area contributed by atoms with Gasteiger partial charge in [0.25, 0.3) is 0 Å². The van der Waals surface area contributed by atoms with Crippen LogP contribution < -0.4 is 0 Å². The molecule has 94 valence electrons. The quantitative estimate of drug-likeness (QED) is 0.764. The van der Waals surface area contributed by atoms with Gasteiger partial charge in [-0.2, -0.15) is 0 Å². The molecule has 0 bridgehead atoms. The molecule has 0 radical (unpaired) electrons. The van der Waals surface area contributed by atoms with Gasteiger partial charge in [-0.05, 0) is 32.4 Å². The fourth-order valence-corrected chi connectivity index (χ4v) is 1.48. The Labute approximate surface area is 107 Å². The lowest BCUT2D eigenvalue weighted by Gasteiger charge is -2.34. The van der Waals surface area contributed by atoms with E-state index >= 15 is 0 Å². The molecule has 0 N–H and O–H groups in total. The normalized spacial score (nSPS) is 11.1. The van der Waals surface area contributed by atoms with Gasteiger partial charge in [-0.25, -0.2) is 9.78 Å². The summed E-state index contributed by atoms with van der Waals surface area (Å²) in [7, 11) is 1.38. The lowest BCUT2D eigenvalue weighted by Crippen LogP contribution is -2.45. The topological polar surface area (TPSA) is 42.4 Å². The molecule has 0 aliphatic carbocycles. The lowest BCUT2D eigenvalue weighted by molar-refractivity contribution is 0.0792. The third-order valence-electron chi connectivity index (χ3n) is 2.33. The highest BCUT2D eigenvalue weighted by Crippen LogP contribution is 2.18. The van der Waals surface area contributed by atoms with E-state index in [1.807, 2.05) is 26.8 Å². The molecule has 0 saturated heterocycles. The summed E-state index contributed by atoms with van der Waals surface area (Å²) in [6.45, 7) is 6.30. The molecule has 0 aliphatic heterocycles. The second-order valence-corrected chi connectivity index (χ2v) is 5.10. The zero-order valence-electron chi connectivity index (χ0n) is 10.5. The van der Waals surface area contributed by atoms with Crippen LogP contribution in [0.25, 0.3) is 0 Å². The van der Waals surface area contributed by atoms with Crippen LogP contribution in [-0.4, -0.2) is 28.6 Å². The van der Waals surface area contributed by atoms with Crippen LogP contribution in [0.5, 0.6) is 0 Å². The molecule has 1 aromatic rings. The van der Waals surface area contributed by atoms with Gasteiger partial charge in [-0.1, -0.05) is 17.7 Å². The van der Waals surface area contributed by atoms with Gasteiger partial charge in [0.2, 0.25) is 0 Å². The van der Waals surface area contributed by atoms with Crippen LogP contribution in [0, 0.1) is 0 Å². The summed E-state index contributed by atoms with van der Waals surface area (Å²) in [5.74, 6) is 0. The van der Waals surface area contributed by atoms with Crippen LogP contribution in [0.15, 0.2) is 18.3 Å². The SMILES string of the molecule is COC(=O)N(Cc1ccc(Cl)nc1)C(C)(C)C. The Hall–Kier alpha value is -1.29. The third-order valence-corrected chi connectivity index (χ3v) is 2.56. The van der Waals surface area contributed by atoms with Crippen molar-refractivity contribution in [1.82, 2.24) is 9.88 Å². The highest BCUT2D eigenvalue weighted by atomic mass is 35.5. The molecule has 0 fully saturated rings. The van der Waals surface area contributed by atoms with E-state index in [4.69, 9.17) is 16.3 Å². The Morgan fingerprint density at radius 2 is 2.12 bits per heavy atom. The Morgan fingerprint density at radius 3 is 2.53 bits per heavy atom. The van der Waals surface area contributed by atoms with Crippen molar-refractivity contribution in [1.29, 1.82) is 0 Å². The van der Waals surface area contributed by atoms with E-state index in [1.165, 1.54) is 7.11 Å². The molecule has 1 heterocycles. The fourth-order valence-electron chi connectivity index (χ4n) is 1.37. The van der Waals surface area contributed by atoms with Crippen LogP contribution >= 0.6 is 11.6 Å². The number of halogens is 1. The number of carbonyl (C=O) groups is 1. The number of methoxy groups -OCH3 is 1. The Kier molecular flexibility index (Phi) is 4.34. The van der Waals surface area contributed by atoms with E-state index in [2.05, 4.69) is 4.98 Å². The smallest absolute Gasteiger partial charge is 0.410 e. The fraction of sp³-hybridized carbons (Fsp3) is 0.500. The summed E-state index contributed by atoms with van der Waals surface area (Å²) in [4.78, 5) is 17.3. The first-order valence-corrected chi connectivity index (χ1v) is 5.68. The minimum absolute atomic E-state index is 0.313. The Balaban J connectivity index is 2.87. The minimum atomic E-state index is -0.354. The monoisotopic (exact) mass is 256 g/mol. The standard InChI is InChI=1S/C12H17ClN2O2/c1-12(2,3)15(11(16)17-4)8-9-5-6-10(13)14-7-9/h5-7H,8H2,1-4H3. The number of ether oxygens (including phenoxy) is 1. The van der Waals surface area contributed by atoms with Gasteiger partial charge in [0.1, 0.15) is 5.15 Å². The summed E-state index contributed by atoms with van der Waals surface area (Å²) < 4.78 is 4.78. The van der Waals surface area contributed by atoms with E-state index in [1.54, 1.807) is 17.2 Å². The molecule has 0 aromatic carbocycles. The highest BCUT2D eigenvalue weighted by Gasteiger charge is 2.27. The second-order valence-electron chi connectivity index (χ2n) is 4.72. The predicted octanol–water partition coefficient (Wildman–Crippen LogP) is 3.10. The molecule has 5 heteroatoms. The molecule has 1 rings (SSSR count). The molecule has 0 spiro atoms. The zero-order chi connectivity index (χ0) is 13.1. The first kappa shape index (κ1) is 13.8. The molecule has 17 heavy (non-hydrogen) atoms. The molecule has 0 aliphatic rings. The first-order chi connectivity index (χ1) is 7.84. The van der Waals surface area contributed by atoms with Crippen molar-refractivity contribution >= 4 is 17.7 Å². The number of pyridine rings is 1. The van der Waals surface area contributed by atoms with Crippen LogP contribution in [0.4, 0.5) is 4.79 Å². The van der Waals surface area contributed by atoms with Crippen LogP contribution in [0.2, 0.25) is 5.15 Å². The summed E-state index contributed by atoms with van der Waals surface area (Å²) >= 11 is 5.71. The average Bonchev–Trinajstić information content (AvgIpc) is 2.25. The number of rotatable bonds is 2. The van der Waals surface area contributed by atoms with Gasteiger partial charge in [-0.15, -0.1) is 0 Å². The maximum Gasteiger partial charge on any atom is 0.410 e. The second kappa shape index (κ2) is 5.36. The van der Waals surface area contributed by atoms with E-state index in [0.717, 1.165) is 5.56 Å². The zero-order valence-corrected chi connectivity index (χ0v) is 11.3. The van der Waals surface area contributed by atoms with Crippen molar-refractivity contribution in [3.8, 4) is 0 Å². The third kappa shape index (κ3) is 3.89. The summed E-state index contributed by atoms with van der Waals surface area (Å²) in [5, 5.41) is 0.439. The number of hydrogen-bond acceptors (Lipinski definition) is 3. The minimum Gasteiger partial charge on any atom is -0.453 e. The van der Waals surface area contributed by atoms with Crippen LogP contribution in [-0.2, 0) is 11.3 Å². The van der Waals surface area contributed by atoms with Crippen LogP contribution in [0.1, 0.15) is 26.3 Å². The number of aromatic nitrogens is 1. The van der Waals surface area contributed by atoms with Gasteiger partial charge in [0, 0.05) is 11.7 Å². The number of amides is 1. The van der Waals surface area contributed by atoms with Gasteiger partial charge in [-0.3, -0.25) is 4.90 Å². The molecule has 0 atom stereocenters. The molecule has 4 nitrogen and oxygen atoms in total. The predicted molar refractivity (Wildman–Crippen MR) is 66.9 cm³/mol. The van der Waals surface area contributed by atoms with Crippen LogP contribution in [0.3, 0.4) is 0 Å². The van der Waals surface area contributed by atoms with Gasteiger partial charge >= 0.3 is 6.09 Å². The average molecular weight is 257 g/mol. The lowest BCUT2D eigenvalue weighted by atomic mass is 10.1. The van der Waals surface area contributed by atoms with Crippen molar-refractivity contribution in [3.05, 3.63) is 29.0 Å². The summed E-state index contributed by atoms with van der Waals surface area (Å²) in [6.07, 6.45) is 1.30. The molecule has 0 unspecified atom stereocenters. The number of nitrogens with zero attached hydrogens (tertiary/aromatic N) is 2.